The SMILES string of the molecule is CC(C)(C)C(CCN)CCCN1CCC2CCCCC21. The highest BCUT2D eigenvalue weighted by molar-refractivity contribution is 4.89. The van der Waals surface area contributed by atoms with Crippen LogP contribution in [0, 0.1) is 17.3 Å². The van der Waals surface area contributed by atoms with Crippen LogP contribution < -0.4 is 5.73 Å². The largest absolute Gasteiger partial charge is 0.330 e. The highest BCUT2D eigenvalue weighted by Crippen LogP contribution is 2.37. The molecule has 0 aromatic heterocycles. The zero-order valence-corrected chi connectivity index (χ0v) is 14.0. The van der Waals surface area contributed by atoms with Crippen molar-refractivity contribution in [2.45, 2.75) is 78.2 Å². The molecule has 1 aliphatic heterocycles. The Morgan fingerprint density at radius 1 is 1.10 bits per heavy atom. The van der Waals surface area contributed by atoms with Crippen molar-refractivity contribution in [2.24, 2.45) is 23.0 Å². The maximum atomic E-state index is 5.80. The molecule has 0 aromatic carbocycles. The molecule has 1 saturated heterocycles. The van der Waals surface area contributed by atoms with Crippen LogP contribution in [0.25, 0.3) is 0 Å². The maximum absolute atomic E-state index is 5.80. The molecule has 118 valence electrons. The summed E-state index contributed by atoms with van der Waals surface area (Å²) in [4.78, 5) is 2.81. The van der Waals surface area contributed by atoms with Crippen LogP contribution in [0.5, 0.6) is 0 Å². The first kappa shape index (κ1) is 16.3. The molecule has 3 atom stereocenters. The molecule has 2 heteroatoms. The third-order valence-corrected chi connectivity index (χ3v) is 5.86. The van der Waals surface area contributed by atoms with Crippen LogP contribution >= 0.6 is 0 Å². The second-order valence-corrected chi connectivity index (χ2v) is 8.22. The van der Waals surface area contributed by atoms with E-state index in [0.717, 1.165) is 24.4 Å². The second-order valence-electron chi connectivity index (χ2n) is 8.22. The van der Waals surface area contributed by atoms with Crippen LogP contribution in [0.4, 0.5) is 0 Å². The first-order valence-electron chi connectivity index (χ1n) is 8.96. The number of likely N-dealkylation sites (tertiary alicyclic amines) is 1. The van der Waals surface area contributed by atoms with Crippen LogP contribution in [0.1, 0.15) is 72.1 Å². The van der Waals surface area contributed by atoms with Gasteiger partial charge in [0, 0.05) is 6.04 Å². The molecule has 2 N–H and O–H groups in total. The summed E-state index contributed by atoms with van der Waals surface area (Å²) >= 11 is 0. The van der Waals surface area contributed by atoms with Gasteiger partial charge in [0.2, 0.25) is 0 Å². The van der Waals surface area contributed by atoms with E-state index >= 15 is 0 Å². The van der Waals surface area contributed by atoms with Gasteiger partial charge in [-0.25, -0.2) is 0 Å². The predicted molar refractivity (Wildman–Crippen MR) is 87.8 cm³/mol. The van der Waals surface area contributed by atoms with E-state index in [1.54, 1.807) is 0 Å². The van der Waals surface area contributed by atoms with Crippen molar-refractivity contribution < 1.29 is 0 Å². The molecule has 0 bridgehead atoms. The zero-order chi connectivity index (χ0) is 14.6. The minimum absolute atomic E-state index is 0.414. The van der Waals surface area contributed by atoms with E-state index in [1.165, 1.54) is 64.5 Å². The van der Waals surface area contributed by atoms with Crippen molar-refractivity contribution in [1.29, 1.82) is 0 Å². The summed E-state index contributed by atoms with van der Waals surface area (Å²) in [5.41, 5.74) is 6.21. The van der Waals surface area contributed by atoms with Crippen molar-refractivity contribution in [2.75, 3.05) is 19.6 Å². The first-order chi connectivity index (χ1) is 9.52. The fourth-order valence-electron chi connectivity index (χ4n) is 4.53. The number of nitrogens with zero attached hydrogens (tertiary/aromatic N) is 1. The maximum Gasteiger partial charge on any atom is 0.0124 e. The zero-order valence-electron chi connectivity index (χ0n) is 14.0. The van der Waals surface area contributed by atoms with Gasteiger partial charge < -0.3 is 10.6 Å². The number of hydrogen-bond acceptors (Lipinski definition) is 2. The Morgan fingerprint density at radius 2 is 1.85 bits per heavy atom. The van der Waals surface area contributed by atoms with E-state index in [2.05, 4.69) is 25.7 Å². The molecule has 1 heterocycles. The number of nitrogens with two attached hydrogens (primary N) is 1. The summed E-state index contributed by atoms with van der Waals surface area (Å²) in [6, 6.07) is 0.936. The van der Waals surface area contributed by atoms with Crippen LogP contribution in [0.15, 0.2) is 0 Å². The lowest BCUT2D eigenvalue weighted by atomic mass is 9.76. The average molecular weight is 280 g/mol. The summed E-state index contributed by atoms with van der Waals surface area (Å²) in [7, 11) is 0. The molecule has 0 spiro atoms. The summed E-state index contributed by atoms with van der Waals surface area (Å²) in [5, 5.41) is 0. The Kier molecular flexibility index (Phi) is 5.92. The van der Waals surface area contributed by atoms with E-state index < -0.39 is 0 Å². The second kappa shape index (κ2) is 7.26. The topological polar surface area (TPSA) is 29.3 Å². The fraction of sp³-hybridized carbons (Fsp3) is 1.00. The molecule has 0 aromatic rings. The Labute approximate surface area is 126 Å². The third-order valence-electron chi connectivity index (χ3n) is 5.86. The van der Waals surface area contributed by atoms with Gasteiger partial charge in [-0.05, 0) is 75.4 Å². The molecule has 0 radical (unpaired) electrons. The lowest BCUT2D eigenvalue weighted by molar-refractivity contribution is 0.162. The Morgan fingerprint density at radius 3 is 2.55 bits per heavy atom. The number of rotatable bonds is 6. The van der Waals surface area contributed by atoms with Gasteiger partial charge in [-0.1, -0.05) is 33.6 Å². The molecular weight excluding hydrogens is 244 g/mol. The van der Waals surface area contributed by atoms with E-state index in [9.17, 15) is 0 Å². The smallest absolute Gasteiger partial charge is 0.0124 e. The lowest BCUT2D eigenvalue weighted by Crippen LogP contribution is -2.35. The monoisotopic (exact) mass is 280 g/mol. The van der Waals surface area contributed by atoms with Gasteiger partial charge in [-0.2, -0.15) is 0 Å². The van der Waals surface area contributed by atoms with Gasteiger partial charge in [0.25, 0.3) is 0 Å². The quantitative estimate of drug-likeness (QED) is 0.795. The van der Waals surface area contributed by atoms with Crippen molar-refractivity contribution in [1.82, 2.24) is 4.90 Å². The molecule has 3 unspecified atom stereocenters. The summed E-state index contributed by atoms with van der Waals surface area (Å²) < 4.78 is 0. The third kappa shape index (κ3) is 4.21. The Balaban J connectivity index is 1.74. The fourth-order valence-corrected chi connectivity index (χ4v) is 4.53. The Bertz CT molecular complexity index is 282. The average Bonchev–Trinajstić information content (AvgIpc) is 2.80. The number of fused-ring (bicyclic) bond motifs is 1. The molecule has 1 aliphatic carbocycles. The van der Waals surface area contributed by atoms with Gasteiger partial charge in [-0.3, -0.25) is 0 Å². The molecule has 2 fully saturated rings. The van der Waals surface area contributed by atoms with Gasteiger partial charge in [0.05, 0.1) is 0 Å². The van der Waals surface area contributed by atoms with Gasteiger partial charge in [0.15, 0.2) is 0 Å². The molecule has 20 heavy (non-hydrogen) atoms. The normalized spacial score (nSPS) is 29.4. The Hall–Kier alpha value is -0.0800. The standard InChI is InChI=1S/C18H36N2/c1-18(2,3)16(10-12-19)8-6-13-20-14-11-15-7-4-5-9-17(15)20/h15-17H,4-14,19H2,1-3H3. The van der Waals surface area contributed by atoms with Crippen molar-refractivity contribution in [3.05, 3.63) is 0 Å². The van der Waals surface area contributed by atoms with Crippen LogP contribution in [-0.2, 0) is 0 Å². The molecule has 2 nitrogen and oxygen atoms in total. The van der Waals surface area contributed by atoms with Gasteiger partial charge >= 0.3 is 0 Å². The summed E-state index contributed by atoms with van der Waals surface area (Å²) in [5.74, 6) is 1.82. The van der Waals surface area contributed by atoms with E-state index in [-0.39, 0.29) is 0 Å². The predicted octanol–water partition coefficient (Wildman–Crippen LogP) is 4.04. The van der Waals surface area contributed by atoms with E-state index in [0.29, 0.717) is 5.41 Å². The minimum atomic E-state index is 0.414. The van der Waals surface area contributed by atoms with Crippen LogP contribution in [-0.4, -0.2) is 30.6 Å². The molecule has 0 amide bonds. The minimum Gasteiger partial charge on any atom is -0.330 e. The molecular formula is C18H36N2. The molecule has 2 aliphatic rings. The molecule has 2 rings (SSSR count). The summed E-state index contributed by atoms with van der Waals surface area (Å²) in [6.07, 6.45) is 11.3. The van der Waals surface area contributed by atoms with Crippen molar-refractivity contribution >= 4 is 0 Å². The first-order valence-corrected chi connectivity index (χ1v) is 8.96. The highest BCUT2D eigenvalue weighted by atomic mass is 15.2. The van der Waals surface area contributed by atoms with E-state index in [4.69, 9.17) is 5.73 Å². The number of hydrogen-bond donors (Lipinski definition) is 1. The van der Waals surface area contributed by atoms with Crippen molar-refractivity contribution in [3.63, 3.8) is 0 Å². The van der Waals surface area contributed by atoms with E-state index in [1.807, 2.05) is 0 Å². The van der Waals surface area contributed by atoms with Crippen molar-refractivity contribution in [3.8, 4) is 0 Å². The highest BCUT2D eigenvalue weighted by Gasteiger charge is 2.35. The van der Waals surface area contributed by atoms with Crippen LogP contribution in [0.3, 0.4) is 0 Å². The molecule has 1 saturated carbocycles. The van der Waals surface area contributed by atoms with Gasteiger partial charge in [-0.15, -0.1) is 0 Å². The van der Waals surface area contributed by atoms with Crippen LogP contribution in [0.2, 0.25) is 0 Å². The lowest BCUT2D eigenvalue weighted by Gasteiger charge is -2.34. The van der Waals surface area contributed by atoms with Gasteiger partial charge in [0.1, 0.15) is 0 Å². The summed E-state index contributed by atoms with van der Waals surface area (Å²) in [6.45, 7) is 10.7.